The van der Waals surface area contributed by atoms with Crippen LogP contribution < -0.4 is 11.1 Å². The van der Waals surface area contributed by atoms with Crippen molar-refractivity contribution in [2.24, 2.45) is 5.73 Å². The third-order valence-corrected chi connectivity index (χ3v) is 3.15. The average Bonchev–Trinajstić information content (AvgIpc) is 2.47. The van der Waals surface area contributed by atoms with E-state index in [4.69, 9.17) is 5.73 Å². The molecule has 2 aromatic rings. The van der Waals surface area contributed by atoms with Crippen LogP contribution in [0.5, 0.6) is 0 Å². The van der Waals surface area contributed by atoms with E-state index in [2.05, 4.69) is 5.32 Å². The van der Waals surface area contributed by atoms with Gasteiger partial charge in [0, 0.05) is 17.3 Å². The highest BCUT2D eigenvalue weighted by Crippen LogP contribution is 2.27. The molecule has 0 saturated heterocycles. The number of nitro benzene ring substituents is 1. The Labute approximate surface area is 121 Å². The highest BCUT2D eigenvalue weighted by atomic mass is 16.6. The number of nitro groups is 1. The number of para-hydroxylation sites is 1. The number of nitrogens with zero attached hydrogens (tertiary/aromatic N) is 1. The molecule has 6 heteroatoms. The van der Waals surface area contributed by atoms with Gasteiger partial charge in [0.25, 0.3) is 5.69 Å². The van der Waals surface area contributed by atoms with Gasteiger partial charge in [-0.1, -0.05) is 18.2 Å². The lowest BCUT2D eigenvalue weighted by Gasteiger charge is -2.15. The van der Waals surface area contributed by atoms with Gasteiger partial charge in [0.1, 0.15) is 0 Å². The molecular formula is C15H15N3O3. The van der Waals surface area contributed by atoms with Gasteiger partial charge in [-0.3, -0.25) is 14.9 Å². The van der Waals surface area contributed by atoms with Crippen LogP contribution in [0.1, 0.15) is 28.9 Å². The van der Waals surface area contributed by atoms with Crippen LogP contribution in [0, 0.1) is 10.1 Å². The SMILES string of the molecule is CC(Nc1ccc(C(N)=O)cc1)c1ccccc1[N+](=O)[O-]. The van der Waals surface area contributed by atoms with Crippen LogP contribution in [0.4, 0.5) is 11.4 Å². The molecule has 1 amide bonds. The summed E-state index contributed by atoms with van der Waals surface area (Å²) < 4.78 is 0. The Kier molecular flexibility index (Phi) is 4.18. The summed E-state index contributed by atoms with van der Waals surface area (Å²) in [5.74, 6) is -0.492. The van der Waals surface area contributed by atoms with Gasteiger partial charge in [-0.2, -0.15) is 0 Å². The van der Waals surface area contributed by atoms with Crippen LogP contribution in [-0.4, -0.2) is 10.8 Å². The first-order valence-electron chi connectivity index (χ1n) is 6.38. The van der Waals surface area contributed by atoms with Gasteiger partial charge in [-0.25, -0.2) is 0 Å². The smallest absolute Gasteiger partial charge is 0.274 e. The highest BCUT2D eigenvalue weighted by molar-refractivity contribution is 5.93. The molecule has 0 fully saturated rings. The molecule has 0 bridgehead atoms. The number of nitrogens with one attached hydrogen (secondary N) is 1. The summed E-state index contributed by atoms with van der Waals surface area (Å²) in [5.41, 5.74) is 7.02. The van der Waals surface area contributed by atoms with E-state index in [1.807, 2.05) is 6.92 Å². The maximum atomic E-state index is 11.0. The van der Waals surface area contributed by atoms with E-state index >= 15 is 0 Å². The van der Waals surface area contributed by atoms with E-state index in [1.165, 1.54) is 6.07 Å². The molecule has 0 aromatic heterocycles. The zero-order valence-corrected chi connectivity index (χ0v) is 11.4. The molecule has 0 saturated carbocycles. The molecule has 1 atom stereocenters. The van der Waals surface area contributed by atoms with E-state index in [9.17, 15) is 14.9 Å². The van der Waals surface area contributed by atoms with Gasteiger partial charge >= 0.3 is 0 Å². The number of benzene rings is 2. The van der Waals surface area contributed by atoms with E-state index in [-0.39, 0.29) is 11.7 Å². The van der Waals surface area contributed by atoms with Gasteiger partial charge < -0.3 is 11.1 Å². The number of nitrogens with two attached hydrogens (primary N) is 1. The summed E-state index contributed by atoms with van der Waals surface area (Å²) in [7, 11) is 0. The van der Waals surface area contributed by atoms with Crippen LogP contribution in [-0.2, 0) is 0 Å². The summed E-state index contributed by atoms with van der Waals surface area (Å²) in [6, 6.07) is 13.0. The van der Waals surface area contributed by atoms with Crippen molar-refractivity contribution in [1.29, 1.82) is 0 Å². The first-order chi connectivity index (χ1) is 9.99. The number of carbonyl (C=O) groups excluding carboxylic acids is 1. The van der Waals surface area contributed by atoms with Crippen LogP contribution in [0.15, 0.2) is 48.5 Å². The minimum Gasteiger partial charge on any atom is -0.378 e. The fourth-order valence-electron chi connectivity index (χ4n) is 2.08. The molecular weight excluding hydrogens is 270 g/mol. The van der Waals surface area contributed by atoms with Crippen LogP contribution in [0.2, 0.25) is 0 Å². The number of hydrogen-bond donors (Lipinski definition) is 2. The van der Waals surface area contributed by atoms with Gasteiger partial charge in [0.15, 0.2) is 0 Å². The molecule has 0 aliphatic heterocycles. The van der Waals surface area contributed by atoms with E-state index in [0.29, 0.717) is 11.1 Å². The van der Waals surface area contributed by atoms with Gasteiger partial charge in [0.05, 0.1) is 16.5 Å². The Morgan fingerprint density at radius 2 is 1.81 bits per heavy atom. The first-order valence-corrected chi connectivity index (χ1v) is 6.38. The molecule has 6 nitrogen and oxygen atoms in total. The van der Waals surface area contributed by atoms with Gasteiger partial charge in [0.2, 0.25) is 5.91 Å². The monoisotopic (exact) mass is 285 g/mol. The molecule has 108 valence electrons. The molecule has 0 aliphatic carbocycles. The van der Waals surface area contributed by atoms with Crippen molar-refractivity contribution < 1.29 is 9.72 Å². The molecule has 3 N–H and O–H groups in total. The summed E-state index contributed by atoms with van der Waals surface area (Å²) in [6.07, 6.45) is 0. The second-order valence-electron chi connectivity index (χ2n) is 4.62. The number of rotatable bonds is 5. The molecule has 2 aromatic carbocycles. The lowest BCUT2D eigenvalue weighted by molar-refractivity contribution is -0.385. The fraction of sp³-hybridized carbons (Fsp3) is 0.133. The number of carbonyl (C=O) groups is 1. The van der Waals surface area contributed by atoms with Crippen molar-refractivity contribution in [3.05, 3.63) is 69.8 Å². The second-order valence-corrected chi connectivity index (χ2v) is 4.62. The van der Waals surface area contributed by atoms with Crippen LogP contribution in [0.3, 0.4) is 0 Å². The maximum Gasteiger partial charge on any atom is 0.274 e. The summed E-state index contributed by atoms with van der Waals surface area (Å²) in [5, 5.41) is 14.2. The third-order valence-electron chi connectivity index (χ3n) is 3.15. The third kappa shape index (κ3) is 3.36. The van der Waals surface area contributed by atoms with E-state index in [1.54, 1.807) is 42.5 Å². The van der Waals surface area contributed by atoms with Crippen LogP contribution >= 0.6 is 0 Å². The zero-order chi connectivity index (χ0) is 15.4. The maximum absolute atomic E-state index is 11.0. The molecule has 0 heterocycles. The highest BCUT2D eigenvalue weighted by Gasteiger charge is 2.17. The quantitative estimate of drug-likeness (QED) is 0.651. The van der Waals surface area contributed by atoms with Crippen molar-refractivity contribution in [3.63, 3.8) is 0 Å². The molecule has 2 rings (SSSR count). The zero-order valence-electron chi connectivity index (χ0n) is 11.4. The normalized spacial score (nSPS) is 11.7. The van der Waals surface area contributed by atoms with Crippen molar-refractivity contribution in [3.8, 4) is 0 Å². The van der Waals surface area contributed by atoms with E-state index < -0.39 is 10.8 Å². The molecule has 1 unspecified atom stereocenters. The summed E-state index contributed by atoms with van der Waals surface area (Å²) >= 11 is 0. The Bertz CT molecular complexity index is 668. The fourth-order valence-corrected chi connectivity index (χ4v) is 2.08. The predicted molar refractivity (Wildman–Crippen MR) is 80.1 cm³/mol. The minimum absolute atomic E-state index is 0.0752. The number of anilines is 1. The Balaban J connectivity index is 2.20. The van der Waals surface area contributed by atoms with Crippen molar-refractivity contribution in [1.82, 2.24) is 0 Å². The lowest BCUT2D eigenvalue weighted by atomic mass is 10.1. The average molecular weight is 285 g/mol. The van der Waals surface area contributed by atoms with Crippen molar-refractivity contribution in [2.75, 3.05) is 5.32 Å². The molecule has 0 radical (unpaired) electrons. The van der Waals surface area contributed by atoms with Crippen molar-refractivity contribution in [2.45, 2.75) is 13.0 Å². The van der Waals surface area contributed by atoms with E-state index in [0.717, 1.165) is 5.69 Å². The Morgan fingerprint density at radius 1 is 1.19 bits per heavy atom. The molecule has 0 spiro atoms. The van der Waals surface area contributed by atoms with Gasteiger partial charge in [-0.05, 0) is 31.2 Å². The largest absolute Gasteiger partial charge is 0.378 e. The predicted octanol–water partition coefficient (Wildman–Crippen LogP) is 2.87. The minimum atomic E-state index is -0.492. The standard InChI is InChI=1S/C15H15N3O3/c1-10(13-4-2-3-5-14(13)18(20)21)17-12-8-6-11(7-9-12)15(16)19/h2-10,17H,1H3,(H2,16,19). The Hall–Kier alpha value is -2.89. The first kappa shape index (κ1) is 14.5. The number of amides is 1. The topological polar surface area (TPSA) is 98.3 Å². The van der Waals surface area contributed by atoms with Crippen molar-refractivity contribution >= 4 is 17.3 Å². The summed E-state index contributed by atoms with van der Waals surface area (Å²) in [6.45, 7) is 1.84. The molecule has 0 aliphatic rings. The second kappa shape index (κ2) is 6.04. The van der Waals surface area contributed by atoms with Gasteiger partial charge in [-0.15, -0.1) is 0 Å². The molecule has 21 heavy (non-hydrogen) atoms. The number of hydrogen-bond acceptors (Lipinski definition) is 4. The Morgan fingerprint density at radius 3 is 2.38 bits per heavy atom. The van der Waals surface area contributed by atoms with Crippen LogP contribution in [0.25, 0.3) is 0 Å². The summed E-state index contributed by atoms with van der Waals surface area (Å²) in [4.78, 5) is 21.6. The lowest BCUT2D eigenvalue weighted by Crippen LogP contribution is -2.11. The number of primary amides is 1.